The zero-order chi connectivity index (χ0) is 59.8. The smallest absolute Gasteiger partial charge is 0.425 e. The highest BCUT2D eigenvalue weighted by Crippen LogP contribution is 2.36. The molecule has 0 unspecified atom stereocenters. The maximum absolute atomic E-state index is 14.5. The predicted molar refractivity (Wildman–Crippen MR) is 279 cm³/mol. The third kappa shape index (κ3) is 16.5. The second kappa shape index (κ2) is 25.3. The second-order valence-corrected chi connectivity index (χ2v) is 19.6. The van der Waals surface area contributed by atoms with Gasteiger partial charge in [-0.2, -0.15) is 25.6 Å². The summed E-state index contributed by atoms with van der Waals surface area (Å²) in [5, 5.41) is 31.3. The first-order chi connectivity index (χ1) is 37.1. The van der Waals surface area contributed by atoms with E-state index in [0.717, 1.165) is 18.2 Å². The summed E-state index contributed by atoms with van der Waals surface area (Å²) in [5.41, 5.74) is 4.22. The van der Waals surface area contributed by atoms with Crippen LogP contribution in [-0.4, -0.2) is 64.7 Å². The van der Waals surface area contributed by atoms with Crippen LogP contribution in [0.5, 0.6) is 11.5 Å². The van der Waals surface area contributed by atoms with E-state index in [1.807, 2.05) is 0 Å². The fourth-order valence-electron chi connectivity index (χ4n) is 6.44. The number of amides is 4. The summed E-state index contributed by atoms with van der Waals surface area (Å²) >= 11 is 6.57. The number of hydrogen-bond acceptors (Lipinski definition) is 15. The molecule has 4 amide bonds. The molecule has 0 aliphatic rings. The molecule has 396 valence electrons. The monoisotopic (exact) mass is 1170 g/mol. The van der Waals surface area contributed by atoms with Crippen LogP contribution >= 0.6 is 31.9 Å². The van der Waals surface area contributed by atoms with Gasteiger partial charge in [0.15, 0.2) is 23.1 Å². The summed E-state index contributed by atoms with van der Waals surface area (Å²) < 4.78 is 98.4. The molecule has 4 N–H and O–H groups in total. The normalized spacial score (nSPS) is 13.3. The Kier molecular flexibility index (Phi) is 17.1. The van der Waals surface area contributed by atoms with Crippen LogP contribution in [0.15, 0.2) is 82.0 Å². The molecular formula is C51H56Br2F2N12O8. The SMILES string of the molecule is C.[2H]C([2H])([2H])n1nc(CNC(=O)c2ccc(F)cc2[C@@H](C)Oc2cc(Br)cnc2N(C(=O)OC(C)(C)C)C(=O)OC(C)(C)C)cc1C#N.[2H]C([2H])([2H])n1nc(CNC(=O)c2ccc(F)cc2[C@@H](C)Oc2cc(Br)cnc2N)cc1C#N. The van der Waals surface area contributed by atoms with Crippen molar-refractivity contribution in [3.8, 4) is 23.6 Å². The van der Waals surface area contributed by atoms with E-state index >= 15 is 0 Å². The number of aromatic nitrogens is 6. The molecule has 0 fully saturated rings. The zero-order valence-corrected chi connectivity index (χ0v) is 44.0. The number of nitrogen functional groups attached to an aromatic ring is 1. The Balaban J connectivity index is 0.000000365. The Hall–Kier alpha value is -7.96. The number of nitrogens with two attached hydrogens (primary N) is 1. The fourth-order valence-corrected chi connectivity index (χ4v) is 7.06. The highest BCUT2D eigenvalue weighted by molar-refractivity contribution is 9.10. The van der Waals surface area contributed by atoms with Gasteiger partial charge in [0.1, 0.15) is 58.6 Å². The summed E-state index contributed by atoms with van der Waals surface area (Å²) in [6.07, 6.45) is -1.20. The highest BCUT2D eigenvalue weighted by atomic mass is 79.9. The van der Waals surface area contributed by atoms with Crippen molar-refractivity contribution < 1.29 is 55.1 Å². The van der Waals surface area contributed by atoms with Crippen molar-refractivity contribution in [2.45, 2.75) is 99.3 Å². The zero-order valence-electron chi connectivity index (χ0n) is 46.9. The van der Waals surface area contributed by atoms with Gasteiger partial charge in [-0.25, -0.2) is 28.3 Å². The van der Waals surface area contributed by atoms with Crippen molar-refractivity contribution in [2.75, 3.05) is 10.6 Å². The summed E-state index contributed by atoms with van der Waals surface area (Å²) in [6, 6.07) is 16.0. The lowest BCUT2D eigenvalue weighted by Crippen LogP contribution is -2.44. The Labute approximate surface area is 457 Å². The van der Waals surface area contributed by atoms with Crippen LogP contribution in [0.25, 0.3) is 0 Å². The van der Waals surface area contributed by atoms with Crippen molar-refractivity contribution in [3.05, 3.63) is 139 Å². The van der Waals surface area contributed by atoms with Gasteiger partial charge in [-0.15, -0.1) is 0 Å². The molecule has 4 aromatic heterocycles. The van der Waals surface area contributed by atoms with Gasteiger partial charge in [-0.05, 0) is 148 Å². The van der Waals surface area contributed by atoms with Crippen LogP contribution in [0, 0.1) is 34.3 Å². The van der Waals surface area contributed by atoms with Crippen molar-refractivity contribution >= 4 is 67.5 Å². The molecular weight excluding hydrogens is 1110 g/mol. The first-order valence-electron chi connectivity index (χ1n) is 24.9. The molecule has 4 heterocycles. The van der Waals surface area contributed by atoms with E-state index in [-0.39, 0.29) is 88.7 Å². The fraction of sp³-hybridized carbons (Fsp3) is 0.333. The second-order valence-electron chi connectivity index (χ2n) is 17.7. The Bertz CT molecular complexity index is 3360. The highest BCUT2D eigenvalue weighted by Gasteiger charge is 2.36. The number of carbonyl (C=O) groups excluding carboxylic acids is 4. The van der Waals surface area contributed by atoms with E-state index in [1.165, 1.54) is 55.7 Å². The number of carbonyl (C=O) groups is 4. The summed E-state index contributed by atoms with van der Waals surface area (Å²) in [5.74, 6) is -2.51. The van der Waals surface area contributed by atoms with Gasteiger partial charge in [0, 0.05) is 65.8 Å². The number of hydrogen-bond donors (Lipinski definition) is 3. The predicted octanol–water partition coefficient (Wildman–Crippen LogP) is 10.2. The topological polar surface area (TPSA) is 268 Å². The lowest BCUT2D eigenvalue weighted by Gasteiger charge is -2.29. The van der Waals surface area contributed by atoms with Gasteiger partial charge in [-0.3, -0.25) is 19.0 Å². The molecule has 20 nitrogen and oxygen atoms in total. The number of rotatable bonds is 13. The van der Waals surface area contributed by atoms with E-state index in [4.69, 9.17) is 38.2 Å². The van der Waals surface area contributed by atoms with Crippen LogP contribution in [0.2, 0.25) is 0 Å². The number of nitrogens with one attached hydrogen (secondary N) is 2. The van der Waals surface area contributed by atoms with Crippen LogP contribution < -0.4 is 30.7 Å². The average molecular weight is 1170 g/mol. The average Bonchev–Trinajstić information content (AvgIpc) is 4.03. The molecule has 0 aliphatic heterocycles. The van der Waals surface area contributed by atoms with Crippen molar-refractivity contribution in [1.29, 1.82) is 10.5 Å². The minimum Gasteiger partial charge on any atom is -0.482 e. The minimum absolute atomic E-state index is 0. The van der Waals surface area contributed by atoms with Crippen LogP contribution in [0.3, 0.4) is 0 Å². The molecule has 2 atom stereocenters. The van der Waals surface area contributed by atoms with Gasteiger partial charge in [0.25, 0.3) is 11.8 Å². The first-order valence-corrected chi connectivity index (χ1v) is 23.5. The first kappa shape index (κ1) is 50.6. The van der Waals surface area contributed by atoms with E-state index in [9.17, 15) is 33.2 Å². The Morgan fingerprint density at radius 1 is 0.720 bits per heavy atom. The molecule has 0 saturated carbocycles. The number of halogens is 4. The molecule has 0 radical (unpaired) electrons. The number of aryl methyl sites for hydroxylation is 2. The van der Waals surface area contributed by atoms with Gasteiger partial charge in [0.05, 0.1) is 24.5 Å². The molecule has 24 heteroatoms. The van der Waals surface area contributed by atoms with Crippen molar-refractivity contribution in [3.63, 3.8) is 0 Å². The number of nitrogens with zero attached hydrogens (tertiary/aromatic N) is 9. The number of pyridine rings is 2. The third-order valence-electron chi connectivity index (χ3n) is 9.62. The van der Waals surface area contributed by atoms with Crippen LogP contribution in [0.4, 0.5) is 30.0 Å². The van der Waals surface area contributed by atoms with E-state index in [0.29, 0.717) is 23.2 Å². The number of benzene rings is 2. The van der Waals surface area contributed by atoms with Gasteiger partial charge >= 0.3 is 12.2 Å². The van der Waals surface area contributed by atoms with Crippen molar-refractivity contribution in [2.24, 2.45) is 14.0 Å². The standard InChI is InChI=1S/C30H34BrFN6O6.C20H18BrFN6O2.CH4/c1-17(23-12-19(32)9-10-22(23)26(39)35-16-20-13-21(14-33)37(8)36-20)42-24-11-18(31)15-34-25(24)38(27(40)43-29(2,3)4)28(41)44-30(5,6)7;1-11(30-18-5-12(21)9-25-19(18)24)17-6-13(22)3-4-16(17)20(29)26-10-14-7-15(8-23)28(2)27-14;/h9-13,15,17H,16H2,1-8H3,(H,35,39);3-7,9,11H,10H2,1-2H3,(H2,24,25)(H,26,29);1H4/t17-;11-;/m11./s1/i8D3;2D3;. The van der Waals surface area contributed by atoms with Gasteiger partial charge < -0.3 is 35.3 Å². The molecule has 0 spiro atoms. The third-order valence-corrected chi connectivity index (χ3v) is 10.5. The summed E-state index contributed by atoms with van der Waals surface area (Å²) in [7, 11) is 0. The number of anilines is 2. The Morgan fingerprint density at radius 2 is 1.13 bits per heavy atom. The maximum Gasteiger partial charge on any atom is 0.425 e. The largest absolute Gasteiger partial charge is 0.482 e. The van der Waals surface area contributed by atoms with Gasteiger partial charge in [-0.1, -0.05) is 7.43 Å². The minimum atomic E-state index is -2.70. The Morgan fingerprint density at radius 3 is 1.53 bits per heavy atom. The molecule has 0 bridgehead atoms. The summed E-state index contributed by atoms with van der Waals surface area (Å²) in [6.45, 7) is 7.11. The molecule has 2 aromatic carbocycles. The number of ether oxygens (including phenoxy) is 4. The molecule has 75 heavy (non-hydrogen) atoms. The van der Waals surface area contributed by atoms with Crippen molar-refractivity contribution in [1.82, 2.24) is 40.2 Å². The van der Waals surface area contributed by atoms with Crippen LogP contribution in [-0.2, 0) is 36.5 Å². The van der Waals surface area contributed by atoms with E-state index in [2.05, 4.69) is 62.7 Å². The number of imide groups is 1. The molecule has 6 rings (SSSR count). The lowest BCUT2D eigenvalue weighted by molar-refractivity contribution is 0.0425. The lowest BCUT2D eigenvalue weighted by atomic mass is 10.0. The van der Waals surface area contributed by atoms with Gasteiger partial charge in [0.2, 0.25) is 0 Å². The molecule has 0 saturated heterocycles. The quantitative estimate of drug-likeness (QED) is 0.0970. The molecule has 0 aliphatic carbocycles. The summed E-state index contributed by atoms with van der Waals surface area (Å²) in [4.78, 5) is 61.5. The molecule has 6 aromatic rings. The van der Waals surface area contributed by atoms with Crippen LogP contribution in [0.1, 0.15) is 138 Å². The van der Waals surface area contributed by atoms with E-state index < -0.39 is 73.0 Å². The number of nitriles is 2. The van der Waals surface area contributed by atoms with E-state index in [1.54, 1.807) is 66.7 Å². The maximum atomic E-state index is 14.5.